The van der Waals surface area contributed by atoms with E-state index in [9.17, 15) is 21.6 Å². The van der Waals surface area contributed by atoms with E-state index in [0.717, 1.165) is 23.6 Å². The average Bonchev–Trinajstić information content (AvgIpc) is 2.79. The van der Waals surface area contributed by atoms with Crippen molar-refractivity contribution < 1.29 is 26.4 Å². The van der Waals surface area contributed by atoms with Crippen molar-refractivity contribution in [3.8, 4) is 5.75 Å². The normalized spacial score (nSPS) is 15.5. The molecule has 32 heavy (non-hydrogen) atoms. The summed E-state index contributed by atoms with van der Waals surface area (Å²) in [6.07, 6.45) is 2.61. The van der Waals surface area contributed by atoms with E-state index in [-0.39, 0.29) is 21.1 Å². The molecule has 0 aliphatic carbocycles. The number of nitrogens with zero attached hydrogens (tertiary/aromatic N) is 2. The van der Waals surface area contributed by atoms with Gasteiger partial charge in [-0.1, -0.05) is 6.42 Å². The predicted octanol–water partition coefficient (Wildman–Crippen LogP) is 2.37. The number of ether oxygens (including phenoxy) is 1. The molecule has 11 heteroatoms. The number of hydrogen-bond donors (Lipinski definition) is 1. The van der Waals surface area contributed by atoms with E-state index in [4.69, 9.17) is 4.74 Å². The van der Waals surface area contributed by atoms with Crippen molar-refractivity contribution in [3.63, 3.8) is 0 Å². The molecule has 174 valence electrons. The van der Waals surface area contributed by atoms with Gasteiger partial charge in [0, 0.05) is 32.9 Å². The number of hydrogen-bond acceptors (Lipinski definition) is 6. The van der Waals surface area contributed by atoms with Gasteiger partial charge in [-0.2, -0.15) is 4.31 Å². The summed E-state index contributed by atoms with van der Waals surface area (Å²) in [5.41, 5.74) is 0.426. The van der Waals surface area contributed by atoms with Crippen LogP contribution in [0.4, 0.5) is 5.69 Å². The molecule has 1 saturated heterocycles. The third-order valence-electron chi connectivity index (χ3n) is 5.26. The topological polar surface area (TPSA) is 113 Å². The van der Waals surface area contributed by atoms with Gasteiger partial charge < -0.3 is 10.1 Å². The van der Waals surface area contributed by atoms with Gasteiger partial charge >= 0.3 is 0 Å². The second-order valence-corrected chi connectivity index (χ2v) is 11.7. The van der Waals surface area contributed by atoms with Crippen LogP contribution in [0.5, 0.6) is 5.75 Å². The summed E-state index contributed by atoms with van der Waals surface area (Å²) in [4.78, 5) is 13.0. The van der Waals surface area contributed by atoms with Crippen molar-refractivity contribution in [2.24, 2.45) is 0 Å². The lowest BCUT2D eigenvalue weighted by atomic mass is 10.2. The first kappa shape index (κ1) is 24.2. The number of piperidine rings is 1. The van der Waals surface area contributed by atoms with Gasteiger partial charge in [-0.25, -0.2) is 21.1 Å². The van der Waals surface area contributed by atoms with Gasteiger partial charge in [-0.3, -0.25) is 4.79 Å². The number of carbonyl (C=O) groups excluding carboxylic acids is 1. The molecular formula is C21H27N3O6S2. The van der Waals surface area contributed by atoms with Gasteiger partial charge in [-0.05, 0) is 55.3 Å². The minimum atomic E-state index is -3.72. The summed E-state index contributed by atoms with van der Waals surface area (Å²) >= 11 is 0. The first-order valence-corrected chi connectivity index (χ1v) is 13.0. The lowest BCUT2D eigenvalue weighted by Crippen LogP contribution is -2.35. The number of nitrogens with one attached hydrogen (secondary N) is 1. The number of amides is 1. The van der Waals surface area contributed by atoms with Crippen LogP contribution in [0.15, 0.2) is 52.3 Å². The average molecular weight is 482 g/mol. The summed E-state index contributed by atoms with van der Waals surface area (Å²) in [7, 11) is -3.05. The Morgan fingerprint density at radius 2 is 1.53 bits per heavy atom. The Labute approximate surface area is 189 Å². The number of rotatable bonds is 7. The van der Waals surface area contributed by atoms with Crippen molar-refractivity contribution in [3.05, 3.63) is 48.0 Å². The van der Waals surface area contributed by atoms with E-state index in [1.165, 1.54) is 68.0 Å². The van der Waals surface area contributed by atoms with Gasteiger partial charge in [0.25, 0.3) is 5.91 Å². The SMILES string of the molecule is COc1ccc(S(=O)(=O)N2CCCCC2)cc1C(=O)Nc1ccc(S(=O)(=O)N(C)C)cc1. The van der Waals surface area contributed by atoms with Gasteiger partial charge in [0.05, 0.1) is 22.5 Å². The van der Waals surface area contributed by atoms with Gasteiger partial charge in [0.15, 0.2) is 0 Å². The highest BCUT2D eigenvalue weighted by atomic mass is 32.2. The Balaban J connectivity index is 1.87. The molecule has 0 saturated carbocycles. The van der Waals surface area contributed by atoms with E-state index >= 15 is 0 Å². The van der Waals surface area contributed by atoms with Crippen LogP contribution in [-0.2, 0) is 20.0 Å². The molecule has 1 N–H and O–H groups in total. The van der Waals surface area contributed by atoms with Crippen molar-refractivity contribution in [2.45, 2.75) is 29.1 Å². The van der Waals surface area contributed by atoms with E-state index in [0.29, 0.717) is 18.8 Å². The Bertz CT molecular complexity index is 1190. The third kappa shape index (κ3) is 4.96. The predicted molar refractivity (Wildman–Crippen MR) is 121 cm³/mol. The van der Waals surface area contributed by atoms with E-state index < -0.39 is 26.0 Å². The zero-order chi connectivity index (χ0) is 23.5. The third-order valence-corrected chi connectivity index (χ3v) is 8.98. The Morgan fingerprint density at radius 3 is 2.09 bits per heavy atom. The standard InChI is InChI=1S/C21H27N3O6S2/c1-23(2)31(26,27)17-9-7-16(8-10-17)22-21(25)19-15-18(11-12-20(19)30-3)32(28,29)24-13-5-4-6-14-24/h7-12,15H,4-6,13-14H2,1-3H3,(H,22,25). The van der Waals surface area contributed by atoms with Crippen molar-refractivity contribution >= 4 is 31.6 Å². The Morgan fingerprint density at radius 1 is 0.938 bits per heavy atom. The molecule has 1 fully saturated rings. The second-order valence-electron chi connectivity index (χ2n) is 7.59. The second kappa shape index (κ2) is 9.57. The summed E-state index contributed by atoms with van der Waals surface area (Å²) in [6.45, 7) is 0.913. The van der Waals surface area contributed by atoms with Crippen molar-refractivity contribution in [2.75, 3.05) is 39.6 Å². The molecule has 1 amide bonds. The van der Waals surface area contributed by atoms with Crippen LogP contribution >= 0.6 is 0 Å². The molecule has 0 unspecified atom stereocenters. The van der Waals surface area contributed by atoms with Crippen molar-refractivity contribution in [1.82, 2.24) is 8.61 Å². The molecule has 1 aliphatic rings. The number of carbonyl (C=O) groups is 1. The summed E-state index contributed by atoms with van der Waals surface area (Å²) in [5.74, 6) is -0.340. The molecule has 0 spiro atoms. The fraction of sp³-hybridized carbons (Fsp3) is 0.381. The zero-order valence-corrected chi connectivity index (χ0v) is 19.9. The van der Waals surface area contributed by atoms with E-state index in [2.05, 4.69) is 5.32 Å². The molecule has 0 aromatic heterocycles. The maximum atomic E-state index is 13.0. The summed E-state index contributed by atoms with van der Waals surface area (Å²) < 4.78 is 58.2. The molecule has 0 radical (unpaired) electrons. The minimum absolute atomic E-state index is 0.0257. The lowest BCUT2D eigenvalue weighted by molar-refractivity contribution is 0.102. The molecule has 2 aromatic rings. The molecule has 0 atom stereocenters. The Kier molecular flexibility index (Phi) is 7.23. The fourth-order valence-electron chi connectivity index (χ4n) is 3.40. The van der Waals surface area contributed by atoms with Crippen molar-refractivity contribution in [1.29, 1.82) is 0 Å². The van der Waals surface area contributed by atoms with Crippen LogP contribution in [0.25, 0.3) is 0 Å². The van der Waals surface area contributed by atoms with E-state index in [1.54, 1.807) is 0 Å². The molecule has 9 nitrogen and oxygen atoms in total. The molecule has 2 aromatic carbocycles. The van der Waals surface area contributed by atoms with Gasteiger partial charge in [0.1, 0.15) is 5.75 Å². The van der Waals surface area contributed by atoms with Gasteiger partial charge in [0.2, 0.25) is 20.0 Å². The van der Waals surface area contributed by atoms with Gasteiger partial charge in [-0.15, -0.1) is 0 Å². The maximum Gasteiger partial charge on any atom is 0.259 e. The maximum absolute atomic E-state index is 13.0. The smallest absolute Gasteiger partial charge is 0.259 e. The van der Waals surface area contributed by atoms with Crippen LogP contribution in [-0.4, -0.2) is 65.6 Å². The highest BCUT2D eigenvalue weighted by molar-refractivity contribution is 7.89. The van der Waals surface area contributed by atoms with Crippen LogP contribution in [0.3, 0.4) is 0 Å². The van der Waals surface area contributed by atoms with Crippen LogP contribution in [0.2, 0.25) is 0 Å². The molecule has 1 aliphatic heterocycles. The monoisotopic (exact) mass is 481 g/mol. The molecule has 3 rings (SSSR count). The number of anilines is 1. The molecular weight excluding hydrogens is 454 g/mol. The molecule has 1 heterocycles. The van der Waals surface area contributed by atoms with E-state index in [1.807, 2.05) is 0 Å². The quantitative estimate of drug-likeness (QED) is 0.650. The first-order chi connectivity index (χ1) is 15.1. The minimum Gasteiger partial charge on any atom is -0.496 e. The largest absolute Gasteiger partial charge is 0.496 e. The molecule has 0 bridgehead atoms. The number of benzene rings is 2. The zero-order valence-electron chi connectivity index (χ0n) is 18.2. The number of methoxy groups -OCH3 is 1. The van der Waals surface area contributed by atoms with Crippen LogP contribution in [0, 0.1) is 0 Å². The Hall–Kier alpha value is -2.47. The lowest BCUT2D eigenvalue weighted by Gasteiger charge is -2.26. The van der Waals surface area contributed by atoms with Crippen LogP contribution in [0.1, 0.15) is 29.6 Å². The highest BCUT2D eigenvalue weighted by Gasteiger charge is 2.27. The number of sulfonamides is 2. The highest BCUT2D eigenvalue weighted by Crippen LogP contribution is 2.27. The summed E-state index contributed by atoms with van der Waals surface area (Å²) in [6, 6.07) is 9.91. The van der Waals surface area contributed by atoms with Crippen LogP contribution < -0.4 is 10.1 Å². The first-order valence-electron chi connectivity index (χ1n) is 10.1. The summed E-state index contributed by atoms with van der Waals surface area (Å²) in [5, 5.41) is 2.66. The fourth-order valence-corrected chi connectivity index (χ4v) is 5.84.